The van der Waals surface area contributed by atoms with Crippen molar-refractivity contribution in [3.05, 3.63) is 0 Å². The molecule has 4 heteroatoms. The minimum absolute atomic E-state index is 0.156. The summed E-state index contributed by atoms with van der Waals surface area (Å²) >= 11 is 0. The van der Waals surface area contributed by atoms with Gasteiger partial charge in [0.25, 0.3) is 0 Å². The van der Waals surface area contributed by atoms with E-state index < -0.39 is 0 Å². The second kappa shape index (κ2) is 5.74. The molecule has 0 aromatic rings. The van der Waals surface area contributed by atoms with Crippen molar-refractivity contribution in [2.24, 2.45) is 5.92 Å². The summed E-state index contributed by atoms with van der Waals surface area (Å²) in [6.07, 6.45) is 9.30. The third-order valence-electron chi connectivity index (χ3n) is 5.52. The molecule has 1 saturated carbocycles. The molecule has 0 aromatic carbocycles. The van der Waals surface area contributed by atoms with Gasteiger partial charge in [0.15, 0.2) is 0 Å². The molecular formula is C16H26N2O2. The summed E-state index contributed by atoms with van der Waals surface area (Å²) < 4.78 is 0. The van der Waals surface area contributed by atoms with Crippen LogP contribution >= 0.6 is 0 Å². The molecule has 2 heterocycles. The number of hydrogen-bond acceptors (Lipinski definition) is 2. The third kappa shape index (κ3) is 2.45. The first-order chi connectivity index (χ1) is 9.68. The molecule has 0 aromatic heterocycles. The summed E-state index contributed by atoms with van der Waals surface area (Å²) in [5, 5.41) is 0. The molecule has 3 aliphatic rings. The fourth-order valence-corrected chi connectivity index (χ4v) is 4.21. The highest BCUT2D eigenvalue weighted by Crippen LogP contribution is 2.32. The third-order valence-corrected chi connectivity index (χ3v) is 5.52. The highest BCUT2D eigenvalue weighted by atomic mass is 16.2. The number of fused-ring (bicyclic) bond motifs is 1. The maximum Gasteiger partial charge on any atom is 0.246 e. The van der Waals surface area contributed by atoms with Gasteiger partial charge in [-0.05, 0) is 44.9 Å². The first-order valence-corrected chi connectivity index (χ1v) is 8.28. The normalized spacial score (nSPS) is 30.4. The number of carbonyl (C=O) groups is 2. The molecule has 0 bridgehead atoms. The van der Waals surface area contributed by atoms with Gasteiger partial charge in [-0.15, -0.1) is 0 Å². The van der Waals surface area contributed by atoms with Crippen molar-refractivity contribution in [1.29, 1.82) is 0 Å². The van der Waals surface area contributed by atoms with Crippen molar-refractivity contribution < 1.29 is 9.59 Å². The van der Waals surface area contributed by atoms with Crippen LogP contribution < -0.4 is 0 Å². The van der Waals surface area contributed by atoms with Gasteiger partial charge in [0.05, 0.1) is 0 Å². The Morgan fingerprint density at radius 3 is 2.45 bits per heavy atom. The molecule has 2 unspecified atom stereocenters. The first kappa shape index (κ1) is 13.9. The van der Waals surface area contributed by atoms with Crippen LogP contribution in [0, 0.1) is 5.92 Å². The summed E-state index contributed by atoms with van der Waals surface area (Å²) in [6, 6.07) is 0.0758. The van der Waals surface area contributed by atoms with E-state index in [1.807, 2.05) is 9.80 Å². The second-order valence-corrected chi connectivity index (χ2v) is 6.70. The van der Waals surface area contributed by atoms with Crippen LogP contribution in [0.3, 0.4) is 0 Å². The fourth-order valence-electron chi connectivity index (χ4n) is 4.21. The molecule has 20 heavy (non-hydrogen) atoms. The van der Waals surface area contributed by atoms with Crippen LogP contribution in [0.5, 0.6) is 0 Å². The Balaban J connectivity index is 1.72. The van der Waals surface area contributed by atoms with Crippen molar-refractivity contribution in [2.45, 2.75) is 70.4 Å². The van der Waals surface area contributed by atoms with Gasteiger partial charge in [-0.3, -0.25) is 9.59 Å². The van der Waals surface area contributed by atoms with E-state index in [9.17, 15) is 9.59 Å². The zero-order valence-corrected chi connectivity index (χ0v) is 12.5. The van der Waals surface area contributed by atoms with Crippen molar-refractivity contribution in [2.75, 3.05) is 13.1 Å². The molecule has 3 fully saturated rings. The van der Waals surface area contributed by atoms with Crippen molar-refractivity contribution in [1.82, 2.24) is 9.80 Å². The van der Waals surface area contributed by atoms with Gasteiger partial charge in [0.1, 0.15) is 12.6 Å². The smallest absolute Gasteiger partial charge is 0.246 e. The molecule has 0 spiro atoms. The second-order valence-electron chi connectivity index (χ2n) is 6.70. The number of amides is 2. The molecule has 0 radical (unpaired) electrons. The van der Waals surface area contributed by atoms with E-state index in [4.69, 9.17) is 0 Å². The van der Waals surface area contributed by atoms with Gasteiger partial charge in [-0.2, -0.15) is 0 Å². The molecular weight excluding hydrogens is 252 g/mol. The van der Waals surface area contributed by atoms with Gasteiger partial charge in [-0.25, -0.2) is 0 Å². The van der Waals surface area contributed by atoms with E-state index in [1.165, 1.54) is 32.1 Å². The van der Waals surface area contributed by atoms with Crippen LogP contribution in [0.15, 0.2) is 0 Å². The minimum atomic E-state index is -0.156. The Bertz CT molecular complexity index is 390. The van der Waals surface area contributed by atoms with Crippen LogP contribution in [0.2, 0.25) is 0 Å². The number of rotatable bonds is 2. The van der Waals surface area contributed by atoms with Gasteiger partial charge in [-0.1, -0.05) is 19.3 Å². The fraction of sp³-hybridized carbons (Fsp3) is 0.875. The standard InChI is InChI=1S/C16H26N2O2/c1-12(13-7-3-2-4-8-13)18-11-15(19)17-10-6-5-9-14(17)16(18)20/h12-14H,2-11H2,1H3. The Morgan fingerprint density at radius 2 is 1.70 bits per heavy atom. The number of piperazine rings is 1. The molecule has 112 valence electrons. The molecule has 2 atom stereocenters. The Hall–Kier alpha value is -1.06. The van der Waals surface area contributed by atoms with Crippen LogP contribution in [0.25, 0.3) is 0 Å². The SMILES string of the molecule is CC(C1CCCCC1)N1CC(=O)N2CCCCC2C1=O. The van der Waals surface area contributed by atoms with E-state index in [0.717, 1.165) is 25.8 Å². The zero-order valence-electron chi connectivity index (χ0n) is 12.5. The summed E-state index contributed by atoms with van der Waals surface area (Å²) in [7, 11) is 0. The predicted octanol–water partition coefficient (Wildman–Crippen LogP) is 2.18. The minimum Gasteiger partial charge on any atom is -0.329 e. The van der Waals surface area contributed by atoms with Crippen molar-refractivity contribution in [3.63, 3.8) is 0 Å². The lowest BCUT2D eigenvalue weighted by Gasteiger charge is -2.46. The number of hydrogen-bond donors (Lipinski definition) is 0. The number of nitrogens with zero attached hydrogens (tertiary/aromatic N) is 2. The van der Waals surface area contributed by atoms with Crippen LogP contribution in [-0.2, 0) is 9.59 Å². The van der Waals surface area contributed by atoms with Crippen LogP contribution in [-0.4, -0.2) is 46.8 Å². The largest absolute Gasteiger partial charge is 0.329 e. The predicted molar refractivity (Wildman–Crippen MR) is 77.1 cm³/mol. The number of carbonyl (C=O) groups excluding carboxylic acids is 2. The molecule has 1 aliphatic carbocycles. The maximum atomic E-state index is 12.7. The van der Waals surface area contributed by atoms with E-state index in [-0.39, 0.29) is 23.9 Å². The summed E-state index contributed by atoms with van der Waals surface area (Å²) in [5.74, 6) is 0.968. The van der Waals surface area contributed by atoms with Gasteiger partial charge in [0.2, 0.25) is 11.8 Å². The van der Waals surface area contributed by atoms with Gasteiger partial charge in [0, 0.05) is 12.6 Å². The quantitative estimate of drug-likeness (QED) is 0.777. The van der Waals surface area contributed by atoms with Crippen molar-refractivity contribution >= 4 is 11.8 Å². The summed E-state index contributed by atoms with van der Waals surface area (Å²) in [5.41, 5.74) is 0. The molecule has 2 amide bonds. The molecule has 4 nitrogen and oxygen atoms in total. The number of piperidine rings is 1. The van der Waals surface area contributed by atoms with E-state index in [2.05, 4.69) is 6.92 Å². The molecule has 3 rings (SSSR count). The monoisotopic (exact) mass is 278 g/mol. The summed E-state index contributed by atoms with van der Waals surface area (Å²) in [6.45, 7) is 3.24. The lowest BCUT2D eigenvalue weighted by atomic mass is 9.83. The van der Waals surface area contributed by atoms with Crippen molar-refractivity contribution in [3.8, 4) is 0 Å². The lowest BCUT2D eigenvalue weighted by Crippen LogP contribution is -2.63. The van der Waals surface area contributed by atoms with Crippen LogP contribution in [0.1, 0.15) is 58.3 Å². The van der Waals surface area contributed by atoms with Crippen LogP contribution in [0.4, 0.5) is 0 Å². The first-order valence-electron chi connectivity index (χ1n) is 8.28. The molecule has 2 aliphatic heterocycles. The van der Waals surface area contributed by atoms with E-state index >= 15 is 0 Å². The van der Waals surface area contributed by atoms with E-state index in [1.54, 1.807) is 0 Å². The highest BCUT2D eigenvalue weighted by Gasteiger charge is 2.43. The Kier molecular flexibility index (Phi) is 3.99. The molecule has 2 saturated heterocycles. The lowest BCUT2D eigenvalue weighted by molar-refractivity contribution is -0.161. The Morgan fingerprint density at radius 1 is 1.00 bits per heavy atom. The topological polar surface area (TPSA) is 40.6 Å². The highest BCUT2D eigenvalue weighted by molar-refractivity contribution is 5.95. The maximum absolute atomic E-state index is 12.7. The summed E-state index contributed by atoms with van der Waals surface area (Å²) in [4.78, 5) is 28.7. The van der Waals surface area contributed by atoms with Gasteiger partial charge < -0.3 is 9.80 Å². The van der Waals surface area contributed by atoms with Gasteiger partial charge >= 0.3 is 0 Å². The molecule has 0 N–H and O–H groups in total. The Labute approximate surface area is 121 Å². The van der Waals surface area contributed by atoms with E-state index in [0.29, 0.717) is 12.5 Å². The zero-order chi connectivity index (χ0) is 14.1. The average Bonchev–Trinajstić information content (AvgIpc) is 2.51. The average molecular weight is 278 g/mol.